The van der Waals surface area contributed by atoms with Crippen molar-refractivity contribution in [2.24, 2.45) is 0 Å². The van der Waals surface area contributed by atoms with Crippen LogP contribution in [0.4, 0.5) is 0 Å². The first-order chi connectivity index (χ1) is 9.58. The second-order valence-electron chi connectivity index (χ2n) is 5.80. The number of hydrogen-bond donors (Lipinski definition) is 1. The van der Waals surface area contributed by atoms with Gasteiger partial charge < -0.3 is 15.1 Å². The Hall–Kier alpha value is -1.14. The van der Waals surface area contributed by atoms with E-state index in [-0.39, 0.29) is 11.8 Å². The summed E-state index contributed by atoms with van der Waals surface area (Å²) in [6.07, 6.45) is 2.34. The molecule has 1 atom stereocenters. The standard InChI is InChI=1S/C14H26N4O2/c1-12(19)17-6-8-18(9-7-17)14(20)11-16(2)13-4-3-5-15-10-13/h13,15H,3-11H2,1-2H3. The molecule has 20 heavy (non-hydrogen) atoms. The number of rotatable bonds is 3. The van der Waals surface area contributed by atoms with Gasteiger partial charge in [-0.3, -0.25) is 14.5 Å². The van der Waals surface area contributed by atoms with Gasteiger partial charge in [0.2, 0.25) is 11.8 Å². The Morgan fingerprint density at radius 2 is 1.85 bits per heavy atom. The summed E-state index contributed by atoms with van der Waals surface area (Å²) >= 11 is 0. The first-order valence-electron chi connectivity index (χ1n) is 7.52. The van der Waals surface area contributed by atoms with E-state index in [2.05, 4.69) is 10.2 Å². The highest BCUT2D eigenvalue weighted by Gasteiger charge is 2.25. The molecule has 114 valence electrons. The maximum absolute atomic E-state index is 12.3. The van der Waals surface area contributed by atoms with Crippen LogP contribution in [0.15, 0.2) is 0 Å². The van der Waals surface area contributed by atoms with E-state index < -0.39 is 0 Å². The molecule has 0 aromatic carbocycles. The number of carbonyl (C=O) groups is 2. The maximum Gasteiger partial charge on any atom is 0.236 e. The second kappa shape index (κ2) is 7.04. The average Bonchev–Trinajstić information content (AvgIpc) is 2.48. The summed E-state index contributed by atoms with van der Waals surface area (Å²) in [5, 5.41) is 3.38. The molecule has 2 amide bonds. The highest BCUT2D eigenvalue weighted by atomic mass is 16.2. The van der Waals surface area contributed by atoms with Crippen molar-refractivity contribution in [2.75, 3.05) is 52.9 Å². The van der Waals surface area contributed by atoms with Crippen LogP contribution >= 0.6 is 0 Å². The Balaban J connectivity index is 1.76. The molecule has 2 saturated heterocycles. The molecular formula is C14H26N4O2. The van der Waals surface area contributed by atoms with Gasteiger partial charge in [-0.1, -0.05) is 0 Å². The van der Waals surface area contributed by atoms with Gasteiger partial charge in [-0.25, -0.2) is 0 Å². The topological polar surface area (TPSA) is 55.9 Å². The zero-order valence-electron chi connectivity index (χ0n) is 12.6. The summed E-state index contributed by atoms with van der Waals surface area (Å²) in [4.78, 5) is 29.4. The predicted molar refractivity (Wildman–Crippen MR) is 77.4 cm³/mol. The lowest BCUT2D eigenvalue weighted by Gasteiger charge is -2.36. The van der Waals surface area contributed by atoms with Crippen LogP contribution in [0.3, 0.4) is 0 Å². The van der Waals surface area contributed by atoms with Crippen molar-refractivity contribution in [1.82, 2.24) is 20.0 Å². The minimum absolute atomic E-state index is 0.0995. The molecule has 1 unspecified atom stereocenters. The monoisotopic (exact) mass is 282 g/mol. The van der Waals surface area contributed by atoms with Gasteiger partial charge in [-0.2, -0.15) is 0 Å². The van der Waals surface area contributed by atoms with Crippen LogP contribution in [0.5, 0.6) is 0 Å². The minimum atomic E-state index is 0.0995. The Kier molecular flexibility index (Phi) is 5.37. The molecule has 6 heteroatoms. The molecule has 0 radical (unpaired) electrons. The van der Waals surface area contributed by atoms with Crippen molar-refractivity contribution < 1.29 is 9.59 Å². The number of piperidine rings is 1. The van der Waals surface area contributed by atoms with Crippen LogP contribution in [0, 0.1) is 0 Å². The number of carbonyl (C=O) groups excluding carboxylic acids is 2. The van der Waals surface area contributed by atoms with Gasteiger partial charge in [0.15, 0.2) is 0 Å². The summed E-state index contributed by atoms with van der Waals surface area (Å²) in [6, 6.07) is 0.464. The van der Waals surface area contributed by atoms with E-state index in [1.807, 2.05) is 11.9 Å². The predicted octanol–water partition coefficient (Wildman–Crippen LogP) is -0.639. The van der Waals surface area contributed by atoms with E-state index in [0.717, 1.165) is 19.5 Å². The molecule has 2 aliphatic heterocycles. The number of nitrogens with zero attached hydrogens (tertiary/aromatic N) is 3. The summed E-state index contributed by atoms with van der Waals surface area (Å²) in [6.45, 7) is 6.77. The van der Waals surface area contributed by atoms with Crippen LogP contribution in [-0.2, 0) is 9.59 Å². The molecule has 1 N–H and O–H groups in total. The number of likely N-dealkylation sites (N-methyl/N-ethyl adjacent to an activating group) is 1. The largest absolute Gasteiger partial charge is 0.339 e. The quantitative estimate of drug-likeness (QED) is 0.748. The molecule has 0 bridgehead atoms. The van der Waals surface area contributed by atoms with Gasteiger partial charge in [-0.15, -0.1) is 0 Å². The molecule has 0 aromatic heterocycles. The van der Waals surface area contributed by atoms with E-state index in [0.29, 0.717) is 38.8 Å². The van der Waals surface area contributed by atoms with Gasteiger partial charge in [0, 0.05) is 45.7 Å². The Morgan fingerprint density at radius 3 is 2.40 bits per heavy atom. The van der Waals surface area contributed by atoms with E-state index >= 15 is 0 Å². The van der Waals surface area contributed by atoms with Crippen molar-refractivity contribution >= 4 is 11.8 Å². The van der Waals surface area contributed by atoms with E-state index in [9.17, 15) is 9.59 Å². The van der Waals surface area contributed by atoms with Crippen molar-refractivity contribution in [3.63, 3.8) is 0 Å². The van der Waals surface area contributed by atoms with Crippen molar-refractivity contribution in [2.45, 2.75) is 25.8 Å². The smallest absolute Gasteiger partial charge is 0.236 e. The van der Waals surface area contributed by atoms with Gasteiger partial charge in [-0.05, 0) is 26.4 Å². The Labute approximate surface area is 121 Å². The highest BCUT2D eigenvalue weighted by Crippen LogP contribution is 2.09. The summed E-state index contributed by atoms with van der Waals surface area (Å²) in [5.41, 5.74) is 0. The fraction of sp³-hybridized carbons (Fsp3) is 0.857. The SMILES string of the molecule is CC(=O)N1CCN(C(=O)CN(C)C2CCCNC2)CC1. The number of nitrogens with one attached hydrogen (secondary N) is 1. The zero-order chi connectivity index (χ0) is 14.5. The fourth-order valence-corrected chi connectivity index (χ4v) is 2.92. The lowest BCUT2D eigenvalue weighted by Crippen LogP contribution is -2.53. The molecule has 2 aliphatic rings. The molecule has 2 heterocycles. The number of hydrogen-bond acceptors (Lipinski definition) is 4. The Bertz CT molecular complexity index is 347. The molecular weight excluding hydrogens is 256 g/mol. The Morgan fingerprint density at radius 1 is 1.20 bits per heavy atom. The highest BCUT2D eigenvalue weighted by molar-refractivity contribution is 5.79. The maximum atomic E-state index is 12.3. The minimum Gasteiger partial charge on any atom is -0.339 e. The fourth-order valence-electron chi connectivity index (χ4n) is 2.92. The summed E-state index contributed by atoms with van der Waals surface area (Å²) in [5.74, 6) is 0.281. The summed E-state index contributed by atoms with van der Waals surface area (Å²) in [7, 11) is 2.03. The lowest BCUT2D eigenvalue weighted by atomic mass is 10.1. The number of piperazine rings is 1. The van der Waals surface area contributed by atoms with E-state index in [4.69, 9.17) is 0 Å². The molecule has 0 aromatic rings. The zero-order valence-corrected chi connectivity index (χ0v) is 12.6. The van der Waals surface area contributed by atoms with Crippen LogP contribution in [0.25, 0.3) is 0 Å². The molecule has 2 rings (SSSR count). The average molecular weight is 282 g/mol. The van der Waals surface area contributed by atoms with Crippen molar-refractivity contribution in [3.05, 3.63) is 0 Å². The van der Waals surface area contributed by atoms with Crippen molar-refractivity contribution in [3.8, 4) is 0 Å². The van der Waals surface area contributed by atoms with Crippen molar-refractivity contribution in [1.29, 1.82) is 0 Å². The van der Waals surface area contributed by atoms with E-state index in [1.165, 1.54) is 6.42 Å². The van der Waals surface area contributed by atoms with Gasteiger partial charge >= 0.3 is 0 Å². The third-order valence-electron chi connectivity index (χ3n) is 4.36. The summed E-state index contributed by atoms with van der Waals surface area (Å²) < 4.78 is 0. The third kappa shape index (κ3) is 3.93. The normalized spacial score (nSPS) is 24.1. The molecule has 2 fully saturated rings. The van der Waals surface area contributed by atoms with Gasteiger partial charge in [0.25, 0.3) is 0 Å². The first-order valence-corrected chi connectivity index (χ1v) is 7.52. The van der Waals surface area contributed by atoms with Crippen LogP contribution in [-0.4, -0.2) is 85.4 Å². The lowest BCUT2D eigenvalue weighted by molar-refractivity contribution is -0.139. The second-order valence-corrected chi connectivity index (χ2v) is 5.80. The third-order valence-corrected chi connectivity index (χ3v) is 4.36. The van der Waals surface area contributed by atoms with Gasteiger partial charge in [0.1, 0.15) is 0 Å². The molecule has 0 spiro atoms. The van der Waals surface area contributed by atoms with E-state index in [1.54, 1.807) is 11.8 Å². The molecule has 6 nitrogen and oxygen atoms in total. The first kappa shape index (κ1) is 15.3. The van der Waals surface area contributed by atoms with Crippen LogP contribution < -0.4 is 5.32 Å². The van der Waals surface area contributed by atoms with Gasteiger partial charge in [0.05, 0.1) is 6.54 Å². The van der Waals surface area contributed by atoms with Crippen LogP contribution in [0.2, 0.25) is 0 Å². The number of amides is 2. The molecule has 0 saturated carbocycles. The van der Waals surface area contributed by atoms with Crippen LogP contribution in [0.1, 0.15) is 19.8 Å². The molecule has 0 aliphatic carbocycles.